The van der Waals surface area contributed by atoms with E-state index in [0.717, 1.165) is 25.7 Å². The number of nitrogens with one attached hydrogen (secondary N) is 1. The highest BCUT2D eigenvalue weighted by molar-refractivity contribution is 6.18. The fraction of sp³-hybridized carbons (Fsp3) is 0.533. The van der Waals surface area contributed by atoms with Crippen LogP contribution in [0.1, 0.15) is 41.6 Å². The summed E-state index contributed by atoms with van der Waals surface area (Å²) in [6, 6.07) is 5.01. The molecule has 1 amide bonds. The van der Waals surface area contributed by atoms with Gasteiger partial charge in [0.05, 0.1) is 5.56 Å². The van der Waals surface area contributed by atoms with Crippen molar-refractivity contribution in [3.05, 3.63) is 35.1 Å². The zero-order valence-electron chi connectivity index (χ0n) is 11.1. The van der Waals surface area contributed by atoms with Crippen LogP contribution in [0.5, 0.6) is 0 Å². The van der Waals surface area contributed by atoms with E-state index >= 15 is 0 Å². The molecule has 1 aliphatic rings. The number of benzene rings is 1. The number of alkyl halides is 1. The fourth-order valence-corrected chi connectivity index (χ4v) is 2.93. The van der Waals surface area contributed by atoms with Crippen LogP contribution < -0.4 is 5.32 Å². The molecule has 2 unspecified atom stereocenters. The summed E-state index contributed by atoms with van der Waals surface area (Å²) < 4.78 is 13.9. The maximum Gasteiger partial charge on any atom is 0.254 e. The quantitative estimate of drug-likeness (QED) is 0.843. The Morgan fingerprint density at radius 3 is 3.00 bits per heavy atom. The molecule has 1 N–H and O–H groups in total. The SMILES string of the molecule is Cc1cccc(C(=O)NC2CCCC(CCl)C2)c1F. The van der Waals surface area contributed by atoms with Crippen molar-refractivity contribution in [1.82, 2.24) is 5.32 Å². The molecule has 1 saturated carbocycles. The van der Waals surface area contributed by atoms with E-state index in [1.807, 2.05) is 0 Å². The van der Waals surface area contributed by atoms with Gasteiger partial charge >= 0.3 is 0 Å². The van der Waals surface area contributed by atoms with Crippen LogP contribution in [0, 0.1) is 18.7 Å². The van der Waals surface area contributed by atoms with Gasteiger partial charge in [0, 0.05) is 11.9 Å². The number of hydrogen-bond acceptors (Lipinski definition) is 1. The summed E-state index contributed by atoms with van der Waals surface area (Å²) in [5.41, 5.74) is 0.628. The third-order valence-electron chi connectivity index (χ3n) is 3.77. The summed E-state index contributed by atoms with van der Waals surface area (Å²) in [6.45, 7) is 1.66. The highest BCUT2D eigenvalue weighted by atomic mass is 35.5. The molecule has 2 rings (SSSR count). The minimum absolute atomic E-state index is 0.116. The lowest BCUT2D eigenvalue weighted by Crippen LogP contribution is -2.39. The minimum atomic E-state index is -0.426. The highest BCUT2D eigenvalue weighted by Gasteiger charge is 2.24. The van der Waals surface area contributed by atoms with Crippen molar-refractivity contribution in [2.24, 2.45) is 5.92 Å². The maximum atomic E-state index is 13.9. The van der Waals surface area contributed by atoms with Crippen LogP contribution in [0.3, 0.4) is 0 Å². The molecule has 1 aromatic rings. The number of carbonyl (C=O) groups excluding carboxylic acids is 1. The summed E-state index contributed by atoms with van der Waals surface area (Å²) in [7, 11) is 0. The first-order valence-corrected chi connectivity index (χ1v) is 7.27. The second-order valence-corrected chi connectivity index (χ2v) is 5.60. The summed E-state index contributed by atoms with van der Waals surface area (Å²) in [4.78, 5) is 12.1. The molecule has 0 aromatic heterocycles. The highest BCUT2D eigenvalue weighted by Crippen LogP contribution is 2.25. The van der Waals surface area contributed by atoms with Gasteiger partial charge in [0.1, 0.15) is 5.82 Å². The second kappa shape index (κ2) is 6.38. The molecular weight excluding hydrogens is 265 g/mol. The van der Waals surface area contributed by atoms with E-state index in [2.05, 4.69) is 5.32 Å². The van der Waals surface area contributed by atoms with Crippen molar-refractivity contribution in [3.8, 4) is 0 Å². The third-order valence-corrected chi connectivity index (χ3v) is 4.21. The smallest absolute Gasteiger partial charge is 0.254 e. The number of amides is 1. The van der Waals surface area contributed by atoms with Gasteiger partial charge in [0.25, 0.3) is 5.91 Å². The van der Waals surface area contributed by atoms with Crippen molar-refractivity contribution < 1.29 is 9.18 Å². The van der Waals surface area contributed by atoms with E-state index in [4.69, 9.17) is 11.6 Å². The standard InChI is InChI=1S/C15H19ClFNO/c1-10-4-2-7-13(14(10)17)15(19)18-12-6-3-5-11(8-12)9-16/h2,4,7,11-12H,3,5-6,8-9H2,1H3,(H,18,19). The van der Waals surface area contributed by atoms with Gasteiger partial charge in [-0.1, -0.05) is 18.6 Å². The number of carbonyl (C=O) groups is 1. The number of hydrogen-bond donors (Lipinski definition) is 1. The van der Waals surface area contributed by atoms with Gasteiger partial charge in [-0.2, -0.15) is 0 Å². The number of halogens is 2. The summed E-state index contributed by atoms with van der Waals surface area (Å²) in [6.07, 6.45) is 4.03. The Kier molecular flexibility index (Phi) is 4.81. The predicted octanol–water partition coefficient (Wildman–Crippen LogP) is 3.66. The molecule has 0 radical (unpaired) electrons. The van der Waals surface area contributed by atoms with Crippen LogP contribution in [0.25, 0.3) is 0 Å². The van der Waals surface area contributed by atoms with Crippen LogP contribution in [0.4, 0.5) is 4.39 Å². The third kappa shape index (κ3) is 3.47. The van der Waals surface area contributed by atoms with Crippen molar-refractivity contribution in [3.63, 3.8) is 0 Å². The Bertz CT molecular complexity index is 463. The number of rotatable bonds is 3. The average molecular weight is 284 g/mol. The van der Waals surface area contributed by atoms with E-state index < -0.39 is 5.82 Å². The van der Waals surface area contributed by atoms with E-state index in [0.29, 0.717) is 17.4 Å². The van der Waals surface area contributed by atoms with Crippen LogP contribution in [0.2, 0.25) is 0 Å². The molecule has 1 aromatic carbocycles. The molecule has 2 atom stereocenters. The summed E-state index contributed by atoms with van der Waals surface area (Å²) in [5.74, 6) is 0.347. The second-order valence-electron chi connectivity index (χ2n) is 5.29. The molecule has 0 heterocycles. The molecule has 104 valence electrons. The van der Waals surface area contributed by atoms with Crippen molar-refractivity contribution >= 4 is 17.5 Å². The fourth-order valence-electron chi connectivity index (χ4n) is 2.65. The summed E-state index contributed by atoms with van der Waals surface area (Å²) >= 11 is 5.87. The predicted molar refractivity (Wildman–Crippen MR) is 75.1 cm³/mol. The zero-order chi connectivity index (χ0) is 13.8. The molecule has 4 heteroatoms. The first-order chi connectivity index (χ1) is 9.11. The molecule has 2 nitrogen and oxygen atoms in total. The van der Waals surface area contributed by atoms with Gasteiger partial charge in [-0.15, -0.1) is 11.6 Å². The molecular formula is C15H19ClFNO. The van der Waals surface area contributed by atoms with Gasteiger partial charge in [-0.3, -0.25) is 4.79 Å². The lowest BCUT2D eigenvalue weighted by atomic mass is 9.87. The lowest BCUT2D eigenvalue weighted by molar-refractivity contribution is 0.0917. The molecule has 0 bridgehead atoms. The normalized spacial score (nSPS) is 23.1. The van der Waals surface area contributed by atoms with Crippen LogP contribution in [-0.4, -0.2) is 17.8 Å². The maximum absolute atomic E-state index is 13.9. The zero-order valence-corrected chi connectivity index (χ0v) is 11.8. The Balaban J connectivity index is 2.02. The van der Waals surface area contributed by atoms with Gasteiger partial charge in [0.15, 0.2) is 0 Å². The van der Waals surface area contributed by atoms with E-state index in [9.17, 15) is 9.18 Å². The number of aryl methyl sites for hydroxylation is 1. The van der Waals surface area contributed by atoms with Gasteiger partial charge in [-0.05, 0) is 43.7 Å². The van der Waals surface area contributed by atoms with E-state index in [1.165, 1.54) is 6.07 Å². The molecule has 0 spiro atoms. The van der Waals surface area contributed by atoms with Crippen molar-refractivity contribution in [2.45, 2.75) is 38.6 Å². The van der Waals surface area contributed by atoms with E-state index in [-0.39, 0.29) is 17.5 Å². The Labute approximate surface area is 118 Å². The largest absolute Gasteiger partial charge is 0.349 e. The van der Waals surface area contributed by atoms with Crippen LogP contribution >= 0.6 is 11.6 Å². The van der Waals surface area contributed by atoms with Gasteiger partial charge in [0.2, 0.25) is 0 Å². The Morgan fingerprint density at radius 2 is 2.26 bits per heavy atom. The first kappa shape index (κ1) is 14.3. The summed E-state index contributed by atoms with van der Waals surface area (Å²) in [5, 5.41) is 2.93. The van der Waals surface area contributed by atoms with Crippen LogP contribution in [-0.2, 0) is 0 Å². The minimum Gasteiger partial charge on any atom is -0.349 e. The van der Waals surface area contributed by atoms with Crippen molar-refractivity contribution in [2.75, 3.05) is 5.88 Å². The first-order valence-electron chi connectivity index (χ1n) is 6.73. The van der Waals surface area contributed by atoms with E-state index in [1.54, 1.807) is 19.1 Å². The van der Waals surface area contributed by atoms with Crippen LogP contribution in [0.15, 0.2) is 18.2 Å². The monoisotopic (exact) mass is 283 g/mol. The van der Waals surface area contributed by atoms with Gasteiger partial charge < -0.3 is 5.32 Å². The van der Waals surface area contributed by atoms with Gasteiger partial charge in [-0.25, -0.2) is 4.39 Å². The Hall–Kier alpha value is -1.09. The molecule has 0 saturated heterocycles. The molecule has 1 aliphatic carbocycles. The molecule has 19 heavy (non-hydrogen) atoms. The molecule has 0 aliphatic heterocycles. The average Bonchev–Trinajstić information content (AvgIpc) is 2.42. The Morgan fingerprint density at radius 1 is 1.47 bits per heavy atom. The van der Waals surface area contributed by atoms with Crippen molar-refractivity contribution in [1.29, 1.82) is 0 Å². The molecule has 1 fully saturated rings. The lowest BCUT2D eigenvalue weighted by Gasteiger charge is -2.28. The topological polar surface area (TPSA) is 29.1 Å².